The summed E-state index contributed by atoms with van der Waals surface area (Å²) in [5.41, 5.74) is 5.42. The van der Waals surface area contributed by atoms with Crippen LogP contribution in [0.4, 0.5) is 4.79 Å². The Balaban J connectivity index is 2.34. The zero-order chi connectivity index (χ0) is 14.0. The summed E-state index contributed by atoms with van der Waals surface area (Å²) in [6.45, 7) is 0.0943. The predicted octanol–water partition coefficient (Wildman–Crippen LogP) is 0.123. The van der Waals surface area contributed by atoms with E-state index in [4.69, 9.17) is 10.8 Å². The van der Waals surface area contributed by atoms with Crippen molar-refractivity contribution in [2.75, 3.05) is 6.61 Å². The number of ether oxygens (including phenoxy) is 1. The van der Waals surface area contributed by atoms with E-state index in [1.807, 2.05) is 0 Å². The zero-order valence-corrected chi connectivity index (χ0v) is 9.75. The van der Waals surface area contributed by atoms with Gasteiger partial charge in [0, 0.05) is 0 Å². The molecule has 0 saturated carbocycles. The van der Waals surface area contributed by atoms with Gasteiger partial charge in [0.1, 0.15) is 6.61 Å². The van der Waals surface area contributed by atoms with Crippen LogP contribution in [0.15, 0.2) is 23.0 Å². The van der Waals surface area contributed by atoms with Crippen molar-refractivity contribution in [3.8, 4) is 0 Å². The highest BCUT2D eigenvalue weighted by Crippen LogP contribution is 2.12. The molecule has 0 fully saturated rings. The van der Waals surface area contributed by atoms with Crippen molar-refractivity contribution in [1.29, 1.82) is 0 Å². The number of primary amides is 1. The average Bonchev–Trinajstić information content (AvgIpc) is 2.64. The zero-order valence-electron chi connectivity index (χ0n) is 9.75. The predicted molar refractivity (Wildman–Crippen MR) is 65.1 cm³/mol. The average molecular weight is 265 g/mol. The second-order valence-corrected chi connectivity index (χ2v) is 3.79. The molecular weight excluding hydrogens is 254 g/mol. The van der Waals surface area contributed by atoms with Crippen molar-refractivity contribution in [3.05, 3.63) is 34.2 Å². The molecule has 0 atom stereocenters. The number of imidazole rings is 1. The molecule has 0 radical (unpaired) electrons. The lowest BCUT2D eigenvalue weighted by molar-refractivity contribution is 0.0697. The smallest absolute Gasteiger partial charge is 0.404 e. The van der Waals surface area contributed by atoms with Crippen LogP contribution >= 0.6 is 0 Å². The van der Waals surface area contributed by atoms with Gasteiger partial charge in [-0.3, -0.25) is 4.57 Å². The fourth-order valence-corrected chi connectivity index (χ4v) is 1.76. The second kappa shape index (κ2) is 4.84. The van der Waals surface area contributed by atoms with Crippen LogP contribution in [0.2, 0.25) is 0 Å². The van der Waals surface area contributed by atoms with Crippen molar-refractivity contribution in [2.24, 2.45) is 5.73 Å². The number of carbonyl (C=O) groups excluding carboxylic acids is 1. The largest absolute Gasteiger partial charge is 0.478 e. The minimum Gasteiger partial charge on any atom is -0.478 e. The summed E-state index contributed by atoms with van der Waals surface area (Å²) in [5.74, 6) is -1.08. The van der Waals surface area contributed by atoms with Crippen LogP contribution in [0.3, 0.4) is 0 Å². The topological polar surface area (TPSA) is 127 Å². The third-order valence-corrected chi connectivity index (χ3v) is 2.58. The lowest BCUT2D eigenvalue weighted by Gasteiger charge is -2.03. The molecule has 1 amide bonds. The molecule has 4 N–H and O–H groups in total. The van der Waals surface area contributed by atoms with Crippen LogP contribution in [0.5, 0.6) is 0 Å². The van der Waals surface area contributed by atoms with Crippen molar-refractivity contribution in [3.63, 3.8) is 0 Å². The van der Waals surface area contributed by atoms with Gasteiger partial charge in [-0.15, -0.1) is 0 Å². The Morgan fingerprint density at radius 2 is 2.16 bits per heavy atom. The summed E-state index contributed by atoms with van der Waals surface area (Å²) in [6, 6.07) is 4.27. The molecule has 1 aromatic carbocycles. The van der Waals surface area contributed by atoms with E-state index in [1.165, 1.54) is 22.8 Å². The Kier molecular flexibility index (Phi) is 3.23. The highest BCUT2D eigenvalue weighted by Gasteiger charge is 2.10. The molecule has 8 heteroatoms. The van der Waals surface area contributed by atoms with E-state index in [0.29, 0.717) is 11.0 Å². The first kappa shape index (κ1) is 12.7. The first-order chi connectivity index (χ1) is 8.99. The Labute approximate surface area is 106 Å². The summed E-state index contributed by atoms with van der Waals surface area (Å²) < 4.78 is 5.89. The lowest BCUT2D eigenvalue weighted by atomic mass is 10.2. The first-order valence-corrected chi connectivity index (χ1v) is 5.37. The normalized spacial score (nSPS) is 10.5. The van der Waals surface area contributed by atoms with Gasteiger partial charge in [-0.05, 0) is 18.2 Å². The maximum Gasteiger partial charge on any atom is 0.404 e. The third-order valence-electron chi connectivity index (χ3n) is 2.58. The summed E-state index contributed by atoms with van der Waals surface area (Å²) in [6.07, 6.45) is -0.916. The van der Waals surface area contributed by atoms with E-state index in [2.05, 4.69) is 9.72 Å². The summed E-state index contributed by atoms with van der Waals surface area (Å²) in [5, 5.41) is 8.85. The fraction of sp³-hybridized carbons (Fsp3) is 0.182. The molecule has 1 heterocycles. The molecular formula is C11H11N3O5. The number of carbonyl (C=O) groups is 2. The number of aromatic nitrogens is 2. The summed E-state index contributed by atoms with van der Waals surface area (Å²) in [7, 11) is 0. The van der Waals surface area contributed by atoms with Gasteiger partial charge < -0.3 is 20.6 Å². The Morgan fingerprint density at radius 3 is 2.79 bits per heavy atom. The quantitative estimate of drug-likeness (QED) is 0.723. The lowest BCUT2D eigenvalue weighted by Crippen LogP contribution is -2.22. The van der Waals surface area contributed by atoms with Crippen molar-refractivity contribution >= 4 is 23.1 Å². The number of H-pyrrole nitrogens is 1. The molecule has 0 spiro atoms. The number of fused-ring (bicyclic) bond motifs is 1. The fourth-order valence-electron chi connectivity index (χ4n) is 1.76. The molecule has 0 saturated heterocycles. The number of carboxylic acids is 1. The van der Waals surface area contributed by atoms with Crippen LogP contribution in [-0.2, 0) is 11.3 Å². The van der Waals surface area contributed by atoms with E-state index in [0.717, 1.165) is 0 Å². The standard InChI is InChI=1S/C11H11N3O5/c12-10(17)19-4-3-14-8-2-1-6(9(15)16)5-7(8)13-11(14)18/h1-2,5H,3-4H2,(H2,12,17)(H,13,18)(H,15,16). The van der Waals surface area contributed by atoms with Gasteiger partial charge in [-0.2, -0.15) is 0 Å². The maximum atomic E-state index is 11.7. The molecule has 100 valence electrons. The Bertz CT molecular complexity index is 700. The van der Waals surface area contributed by atoms with Gasteiger partial charge in [-0.25, -0.2) is 14.4 Å². The number of hydrogen-bond acceptors (Lipinski definition) is 4. The molecule has 0 bridgehead atoms. The highest BCUT2D eigenvalue weighted by molar-refractivity contribution is 5.92. The third kappa shape index (κ3) is 2.57. The van der Waals surface area contributed by atoms with Crippen LogP contribution < -0.4 is 11.4 Å². The van der Waals surface area contributed by atoms with Crippen LogP contribution in [0, 0.1) is 0 Å². The number of rotatable bonds is 4. The number of nitrogens with two attached hydrogens (primary N) is 1. The highest BCUT2D eigenvalue weighted by atomic mass is 16.5. The van der Waals surface area contributed by atoms with Crippen molar-refractivity contribution < 1.29 is 19.4 Å². The minimum atomic E-state index is -1.08. The van der Waals surface area contributed by atoms with Gasteiger partial charge in [0.25, 0.3) is 0 Å². The van der Waals surface area contributed by atoms with Gasteiger partial charge >= 0.3 is 17.8 Å². The molecule has 0 unspecified atom stereocenters. The van der Waals surface area contributed by atoms with Crippen molar-refractivity contribution in [2.45, 2.75) is 6.54 Å². The number of amides is 1. The molecule has 0 aliphatic heterocycles. The molecule has 2 rings (SSSR count). The SMILES string of the molecule is NC(=O)OCCn1c(=O)[nH]c2cc(C(=O)O)ccc21. The molecule has 0 aliphatic rings. The molecule has 8 nitrogen and oxygen atoms in total. The number of aromatic carboxylic acids is 1. The van der Waals surface area contributed by atoms with Gasteiger partial charge in [0.2, 0.25) is 0 Å². The number of nitrogens with zero attached hydrogens (tertiary/aromatic N) is 1. The van der Waals surface area contributed by atoms with Crippen molar-refractivity contribution in [1.82, 2.24) is 9.55 Å². The van der Waals surface area contributed by atoms with E-state index in [9.17, 15) is 14.4 Å². The molecule has 0 aliphatic carbocycles. The van der Waals surface area contributed by atoms with E-state index < -0.39 is 17.8 Å². The van der Waals surface area contributed by atoms with Crippen LogP contribution in [-0.4, -0.2) is 33.3 Å². The number of carboxylic acid groups (broad SMARTS) is 1. The van der Waals surface area contributed by atoms with Crippen LogP contribution in [0.25, 0.3) is 11.0 Å². The molecule has 19 heavy (non-hydrogen) atoms. The van der Waals surface area contributed by atoms with Gasteiger partial charge in [0.15, 0.2) is 0 Å². The second-order valence-electron chi connectivity index (χ2n) is 3.79. The minimum absolute atomic E-state index is 0.0388. The summed E-state index contributed by atoms with van der Waals surface area (Å²) in [4.78, 5) is 35.5. The maximum absolute atomic E-state index is 11.7. The Hall–Kier alpha value is -2.77. The first-order valence-electron chi connectivity index (χ1n) is 5.37. The monoisotopic (exact) mass is 265 g/mol. The number of hydrogen-bond donors (Lipinski definition) is 3. The van der Waals surface area contributed by atoms with Gasteiger partial charge in [0.05, 0.1) is 23.1 Å². The van der Waals surface area contributed by atoms with E-state index in [1.54, 1.807) is 0 Å². The number of nitrogens with one attached hydrogen (secondary N) is 1. The summed E-state index contributed by atoms with van der Waals surface area (Å²) >= 11 is 0. The molecule has 1 aromatic heterocycles. The number of aromatic amines is 1. The van der Waals surface area contributed by atoms with E-state index >= 15 is 0 Å². The Morgan fingerprint density at radius 1 is 1.42 bits per heavy atom. The van der Waals surface area contributed by atoms with Crippen LogP contribution in [0.1, 0.15) is 10.4 Å². The number of benzene rings is 1. The van der Waals surface area contributed by atoms with Gasteiger partial charge in [-0.1, -0.05) is 0 Å². The molecule has 2 aromatic rings. The van der Waals surface area contributed by atoms with E-state index in [-0.39, 0.29) is 18.7 Å².